The number of nitrogens with zero attached hydrogens (tertiary/aromatic N) is 2. The van der Waals surface area contributed by atoms with Gasteiger partial charge in [-0.25, -0.2) is 4.98 Å². The number of aromatic nitrogens is 3. The van der Waals surface area contributed by atoms with Crippen LogP contribution in [0.3, 0.4) is 0 Å². The quantitative estimate of drug-likeness (QED) is 0.670. The normalized spacial score (nSPS) is 12.2. The molecule has 0 radical (unpaired) electrons. The molecule has 5 heteroatoms. The Kier molecular flexibility index (Phi) is 3.27. The van der Waals surface area contributed by atoms with Crippen molar-refractivity contribution in [2.45, 2.75) is 33.7 Å². The Hall–Kier alpha value is -0.870. The molecule has 0 saturated carbocycles. The number of aromatic amines is 1. The van der Waals surface area contributed by atoms with Crippen LogP contribution in [0, 0.1) is 10.2 Å². The summed E-state index contributed by atoms with van der Waals surface area (Å²) >= 11 is 11.4. The number of H-pyrrole nitrogens is 1. The van der Waals surface area contributed by atoms with Crippen molar-refractivity contribution >= 4 is 34.9 Å². The van der Waals surface area contributed by atoms with Gasteiger partial charge in [-0.3, -0.25) is 0 Å². The van der Waals surface area contributed by atoms with Gasteiger partial charge in [-0.15, -0.1) is 0 Å². The summed E-state index contributed by atoms with van der Waals surface area (Å²) in [5.41, 5.74) is 2.06. The van der Waals surface area contributed by atoms with E-state index >= 15 is 0 Å². The van der Waals surface area contributed by atoms with E-state index in [9.17, 15) is 0 Å². The van der Waals surface area contributed by atoms with E-state index in [1.165, 1.54) is 0 Å². The van der Waals surface area contributed by atoms with E-state index in [1.54, 1.807) is 6.20 Å². The number of hydrogen-bond acceptors (Lipinski definition) is 2. The Morgan fingerprint density at radius 2 is 2.24 bits per heavy atom. The molecule has 2 heterocycles. The molecular weight excluding hydrogens is 254 g/mol. The van der Waals surface area contributed by atoms with Crippen molar-refractivity contribution in [2.75, 3.05) is 0 Å². The maximum Gasteiger partial charge on any atom is 0.178 e. The predicted octanol–water partition coefficient (Wildman–Crippen LogP) is 4.18. The van der Waals surface area contributed by atoms with Crippen LogP contribution in [-0.4, -0.2) is 14.5 Å². The number of rotatable bonds is 3. The first-order chi connectivity index (χ1) is 7.94. The lowest BCUT2D eigenvalue weighted by atomic mass is 9.90. The summed E-state index contributed by atoms with van der Waals surface area (Å²) in [6.45, 7) is 7.53. The number of pyridine rings is 1. The number of halogens is 1. The van der Waals surface area contributed by atoms with E-state index in [0.29, 0.717) is 9.92 Å². The summed E-state index contributed by atoms with van der Waals surface area (Å²) in [7, 11) is 0. The van der Waals surface area contributed by atoms with Gasteiger partial charge in [0.05, 0.1) is 5.52 Å². The molecule has 0 amide bonds. The summed E-state index contributed by atoms with van der Waals surface area (Å²) in [5, 5.41) is 0.474. The second-order valence-electron chi connectivity index (χ2n) is 5.03. The van der Waals surface area contributed by atoms with Gasteiger partial charge in [-0.1, -0.05) is 32.4 Å². The fraction of sp³-hybridized carbons (Fsp3) is 0.500. The number of nitrogens with one attached hydrogen (secondary N) is 1. The average Bonchev–Trinajstić information content (AvgIpc) is 2.58. The fourth-order valence-corrected chi connectivity index (χ4v) is 2.21. The Balaban J connectivity index is 2.58. The van der Waals surface area contributed by atoms with Gasteiger partial charge in [0, 0.05) is 12.7 Å². The topological polar surface area (TPSA) is 33.6 Å². The lowest BCUT2D eigenvalue weighted by Crippen LogP contribution is -2.18. The van der Waals surface area contributed by atoms with Gasteiger partial charge in [0.2, 0.25) is 0 Å². The first-order valence-electron chi connectivity index (χ1n) is 5.67. The largest absolute Gasteiger partial charge is 0.328 e. The van der Waals surface area contributed by atoms with Gasteiger partial charge >= 0.3 is 0 Å². The summed E-state index contributed by atoms with van der Waals surface area (Å²) < 4.78 is 2.80. The van der Waals surface area contributed by atoms with Crippen LogP contribution in [0.4, 0.5) is 0 Å². The lowest BCUT2D eigenvalue weighted by molar-refractivity contribution is 0.297. The smallest absolute Gasteiger partial charge is 0.178 e. The van der Waals surface area contributed by atoms with Crippen molar-refractivity contribution in [2.24, 2.45) is 5.41 Å². The third-order valence-electron chi connectivity index (χ3n) is 3.19. The van der Waals surface area contributed by atoms with Crippen LogP contribution < -0.4 is 0 Å². The zero-order chi connectivity index (χ0) is 12.6. The zero-order valence-corrected chi connectivity index (χ0v) is 11.8. The van der Waals surface area contributed by atoms with E-state index in [1.807, 2.05) is 6.07 Å². The monoisotopic (exact) mass is 269 g/mol. The van der Waals surface area contributed by atoms with Crippen LogP contribution in [0.2, 0.25) is 5.15 Å². The van der Waals surface area contributed by atoms with Crippen molar-refractivity contribution in [3.05, 3.63) is 22.2 Å². The van der Waals surface area contributed by atoms with E-state index in [0.717, 1.165) is 24.0 Å². The average molecular weight is 270 g/mol. The molecule has 0 saturated heterocycles. The minimum atomic E-state index is 0.211. The third-order valence-corrected chi connectivity index (χ3v) is 3.80. The van der Waals surface area contributed by atoms with Crippen molar-refractivity contribution in [1.82, 2.24) is 14.5 Å². The van der Waals surface area contributed by atoms with E-state index in [4.69, 9.17) is 23.8 Å². The molecule has 2 aromatic rings. The van der Waals surface area contributed by atoms with Gasteiger partial charge in [0.15, 0.2) is 9.92 Å². The van der Waals surface area contributed by atoms with Gasteiger partial charge in [-0.05, 0) is 30.1 Å². The van der Waals surface area contributed by atoms with Crippen LogP contribution in [-0.2, 0) is 6.54 Å². The third kappa shape index (κ3) is 2.38. The Morgan fingerprint density at radius 3 is 2.88 bits per heavy atom. The summed E-state index contributed by atoms with van der Waals surface area (Å²) in [5.74, 6) is 0. The SMILES string of the molecule is CCC(C)(C)Cn1c(=S)[nH]c2c(Cl)nccc21. The maximum atomic E-state index is 6.05. The minimum absolute atomic E-state index is 0.211. The van der Waals surface area contributed by atoms with Crippen molar-refractivity contribution in [3.8, 4) is 0 Å². The Morgan fingerprint density at radius 1 is 1.53 bits per heavy atom. The molecule has 0 bridgehead atoms. The van der Waals surface area contributed by atoms with Crippen LogP contribution >= 0.6 is 23.8 Å². The number of imidazole rings is 1. The molecule has 0 aliphatic heterocycles. The summed E-state index contributed by atoms with van der Waals surface area (Å²) in [6, 6.07) is 1.94. The Labute approximate surface area is 111 Å². The highest BCUT2D eigenvalue weighted by molar-refractivity contribution is 7.71. The molecule has 0 fully saturated rings. The summed E-state index contributed by atoms with van der Waals surface area (Å²) in [4.78, 5) is 7.18. The minimum Gasteiger partial charge on any atom is -0.328 e. The van der Waals surface area contributed by atoms with E-state index in [2.05, 4.69) is 35.3 Å². The number of hydrogen-bond donors (Lipinski definition) is 1. The zero-order valence-electron chi connectivity index (χ0n) is 10.2. The molecule has 2 rings (SSSR count). The van der Waals surface area contributed by atoms with E-state index in [-0.39, 0.29) is 5.41 Å². The van der Waals surface area contributed by atoms with Gasteiger partial charge in [-0.2, -0.15) is 0 Å². The molecule has 0 atom stereocenters. The molecule has 0 spiro atoms. The molecule has 17 heavy (non-hydrogen) atoms. The van der Waals surface area contributed by atoms with Crippen LogP contribution in [0.25, 0.3) is 11.0 Å². The van der Waals surface area contributed by atoms with Gasteiger partial charge in [0.25, 0.3) is 0 Å². The molecule has 1 N–H and O–H groups in total. The molecule has 92 valence electrons. The standard InChI is InChI=1S/C12H16ClN3S/c1-4-12(2,3)7-16-8-5-6-14-10(13)9(8)15-11(16)17/h5-6H,4,7H2,1-3H3,(H,15,17). The molecular formula is C12H16ClN3S. The van der Waals surface area contributed by atoms with Crippen molar-refractivity contribution < 1.29 is 0 Å². The molecule has 3 nitrogen and oxygen atoms in total. The molecule has 0 unspecified atom stereocenters. The van der Waals surface area contributed by atoms with Gasteiger partial charge < -0.3 is 9.55 Å². The molecule has 0 aliphatic rings. The first kappa shape index (κ1) is 12.6. The molecule has 0 aromatic carbocycles. The summed E-state index contributed by atoms with van der Waals surface area (Å²) in [6.07, 6.45) is 2.81. The highest BCUT2D eigenvalue weighted by Gasteiger charge is 2.18. The van der Waals surface area contributed by atoms with Crippen molar-refractivity contribution in [1.29, 1.82) is 0 Å². The number of fused-ring (bicyclic) bond motifs is 1. The van der Waals surface area contributed by atoms with Crippen LogP contribution in [0.1, 0.15) is 27.2 Å². The van der Waals surface area contributed by atoms with E-state index < -0.39 is 0 Å². The molecule has 0 aliphatic carbocycles. The fourth-order valence-electron chi connectivity index (χ4n) is 1.75. The van der Waals surface area contributed by atoms with Crippen LogP contribution in [0.5, 0.6) is 0 Å². The second kappa shape index (κ2) is 4.42. The Bertz CT molecular complexity index is 597. The highest BCUT2D eigenvalue weighted by Crippen LogP contribution is 2.27. The predicted molar refractivity (Wildman–Crippen MR) is 74.0 cm³/mol. The molecule has 2 aromatic heterocycles. The lowest BCUT2D eigenvalue weighted by Gasteiger charge is -2.23. The van der Waals surface area contributed by atoms with Crippen LogP contribution in [0.15, 0.2) is 12.3 Å². The van der Waals surface area contributed by atoms with Gasteiger partial charge in [0.1, 0.15) is 5.52 Å². The first-order valence-corrected chi connectivity index (χ1v) is 6.46. The highest BCUT2D eigenvalue weighted by atomic mass is 35.5. The maximum absolute atomic E-state index is 6.05. The second-order valence-corrected chi connectivity index (χ2v) is 5.77. The van der Waals surface area contributed by atoms with Crippen molar-refractivity contribution in [3.63, 3.8) is 0 Å².